The molecule has 0 fully saturated rings. The summed E-state index contributed by atoms with van der Waals surface area (Å²) in [6, 6.07) is 10.0. The van der Waals surface area contributed by atoms with E-state index in [1.54, 1.807) is 6.20 Å². The van der Waals surface area contributed by atoms with Crippen LogP contribution in [0.4, 0.5) is 0 Å². The van der Waals surface area contributed by atoms with Crippen molar-refractivity contribution in [1.29, 1.82) is 0 Å². The molecule has 1 aromatic heterocycles. The van der Waals surface area contributed by atoms with E-state index in [-0.39, 0.29) is 6.61 Å². The summed E-state index contributed by atoms with van der Waals surface area (Å²) < 4.78 is 0. The minimum atomic E-state index is -0.567. The van der Waals surface area contributed by atoms with Gasteiger partial charge in [0.05, 0.1) is 12.1 Å². The molecule has 0 aliphatic rings. The van der Waals surface area contributed by atoms with Gasteiger partial charge in [0.15, 0.2) is 0 Å². The highest BCUT2D eigenvalue weighted by Gasteiger charge is 2.17. The topological polar surface area (TPSA) is 59.1 Å². The van der Waals surface area contributed by atoms with Gasteiger partial charge in [-0.1, -0.05) is 18.2 Å². The predicted molar refractivity (Wildman–Crippen MR) is 65.1 cm³/mol. The normalized spacial score (nSPS) is 14.9. The number of pyridine rings is 1. The molecule has 1 atom stereocenters. The third-order valence-corrected chi connectivity index (χ3v) is 2.64. The van der Waals surface area contributed by atoms with Crippen LogP contribution in [-0.4, -0.2) is 22.2 Å². The summed E-state index contributed by atoms with van der Waals surface area (Å²) in [6.45, 7) is 1.82. The Kier molecular flexibility index (Phi) is 2.90. The van der Waals surface area contributed by atoms with E-state index in [4.69, 9.17) is 10.8 Å². The second-order valence-corrected chi connectivity index (χ2v) is 4.52. The number of hydrogen-bond acceptors (Lipinski definition) is 3. The maximum Gasteiger partial charge on any atom is 0.0704 e. The number of aromatic nitrogens is 1. The van der Waals surface area contributed by atoms with Gasteiger partial charge in [0.1, 0.15) is 0 Å². The summed E-state index contributed by atoms with van der Waals surface area (Å²) in [7, 11) is 0. The van der Waals surface area contributed by atoms with Crippen molar-refractivity contribution in [3.63, 3.8) is 0 Å². The lowest BCUT2D eigenvalue weighted by Gasteiger charge is -2.21. The SMILES string of the molecule is CC(N)(CO)Cc1ccc2cccnc2c1. The van der Waals surface area contributed by atoms with Gasteiger partial charge in [0.25, 0.3) is 0 Å². The van der Waals surface area contributed by atoms with E-state index in [0.29, 0.717) is 6.42 Å². The zero-order chi connectivity index (χ0) is 11.6. The predicted octanol–water partition coefficient (Wildman–Crippen LogP) is 1.49. The highest BCUT2D eigenvalue weighted by molar-refractivity contribution is 5.78. The number of hydrogen-bond donors (Lipinski definition) is 2. The van der Waals surface area contributed by atoms with Gasteiger partial charge in [-0.05, 0) is 31.0 Å². The summed E-state index contributed by atoms with van der Waals surface area (Å²) in [5.74, 6) is 0. The van der Waals surface area contributed by atoms with E-state index in [9.17, 15) is 0 Å². The summed E-state index contributed by atoms with van der Waals surface area (Å²) in [5, 5.41) is 10.2. The number of nitrogens with zero attached hydrogens (tertiary/aromatic N) is 1. The molecule has 2 aromatic rings. The van der Waals surface area contributed by atoms with Crippen LogP contribution in [0.15, 0.2) is 36.5 Å². The maximum absolute atomic E-state index is 9.13. The van der Waals surface area contributed by atoms with Crippen LogP contribution in [0.1, 0.15) is 12.5 Å². The van der Waals surface area contributed by atoms with E-state index >= 15 is 0 Å². The molecule has 16 heavy (non-hydrogen) atoms. The number of nitrogens with two attached hydrogens (primary N) is 1. The largest absolute Gasteiger partial charge is 0.394 e. The summed E-state index contributed by atoms with van der Waals surface area (Å²) in [5.41, 5.74) is 7.42. The second-order valence-electron chi connectivity index (χ2n) is 4.52. The molecular weight excluding hydrogens is 200 g/mol. The van der Waals surface area contributed by atoms with E-state index in [1.165, 1.54) is 0 Å². The Morgan fingerprint density at radius 2 is 2.19 bits per heavy atom. The molecule has 0 saturated heterocycles. The average Bonchev–Trinajstić information content (AvgIpc) is 2.28. The molecule has 84 valence electrons. The number of aliphatic hydroxyl groups excluding tert-OH is 1. The van der Waals surface area contributed by atoms with Crippen molar-refractivity contribution in [2.24, 2.45) is 5.73 Å². The van der Waals surface area contributed by atoms with Crippen molar-refractivity contribution < 1.29 is 5.11 Å². The third-order valence-electron chi connectivity index (χ3n) is 2.64. The molecule has 2 rings (SSSR count). The van der Waals surface area contributed by atoms with Crippen molar-refractivity contribution >= 4 is 10.9 Å². The molecule has 0 aliphatic heterocycles. The average molecular weight is 216 g/mol. The Bertz CT molecular complexity index is 494. The fourth-order valence-electron chi connectivity index (χ4n) is 1.74. The van der Waals surface area contributed by atoms with E-state index in [2.05, 4.69) is 4.98 Å². The molecule has 0 spiro atoms. The van der Waals surface area contributed by atoms with Crippen LogP contribution in [0, 0.1) is 0 Å². The molecule has 3 heteroatoms. The Morgan fingerprint density at radius 3 is 2.94 bits per heavy atom. The van der Waals surface area contributed by atoms with Gasteiger partial charge in [-0.15, -0.1) is 0 Å². The minimum Gasteiger partial charge on any atom is -0.394 e. The van der Waals surface area contributed by atoms with Gasteiger partial charge < -0.3 is 10.8 Å². The lowest BCUT2D eigenvalue weighted by atomic mass is 9.94. The highest BCUT2D eigenvalue weighted by atomic mass is 16.3. The first-order chi connectivity index (χ1) is 7.61. The van der Waals surface area contributed by atoms with Crippen LogP contribution in [0.2, 0.25) is 0 Å². The molecule has 0 radical (unpaired) electrons. The fraction of sp³-hybridized carbons (Fsp3) is 0.308. The molecule has 0 aliphatic carbocycles. The van der Waals surface area contributed by atoms with Crippen LogP contribution < -0.4 is 5.73 Å². The van der Waals surface area contributed by atoms with Crippen molar-refractivity contribution in [3.05, 3.63) is 42.1 Å². The molecule has 3 N–H and O–H groups in total. The Balaban J connectivity index is 2.33. The molecule has 1 heterocycles. The van der Waals surface area contributed by atoms with Crippen molar-refractivity contribution in [3.8, 4) is 0 Å². The zero-order valence-electron chi connectivity index (χ0n) is 9.35. The van der Waals surface area contributed by atoms with E-state index < -0.39 is 5.54 Å². The second kappa shape index (κ2) is 4.20. The van der Waals surface area contributed by atoms with Crippen molar-refractivity contribution in [1.82, 2.24) is 4.98 Å². The molecule has 0 saturated carbocycles. The van der Waals surface area contributed by atoms with Gasteiger partial charge in [-0.25, -0.2) is 0 Å². The summed E-state index contributed by atoms with van der Waals surface area (Å²) >= 11 is 0. The molecule has 1 unspecified atom stereocenters. The van der Waals surface area contributed by atoms with Crippen LogP contribution in [-0.2, 0) is 6.42 Å². The smallest absolute Gasteiger partial charge is 0.0704 e. The maximum atomic E-state index is 9.13. The van der Waals surface area contributed by atoms with Gasteiger partial charge in [-0.2, -0.15) is 0 Å². The van der Waals surface area contributed by atoms with Crippen LogP contribution in [0.3, 0.4) is 0 Å². The lowest BCUT2D eigenvalue weighted by molar-refractivity contribution is 0.208. The molecule has 3 nitrogen and oxygen atoms in total. The molecule has 0 bridgehead atoms. The van der Waals surface area contributed by atoms with E-state index in [0.717, 1.165) is 16.5 Å². The molecule has 0 amide bonds. The Hall–Kier alpha value is -1.45. The molecular formula is C13H16N2O. The van der Waals surface area contributed by atoms with Crippen LogP contribution >= 0.6 is 0 Å². The Labute approximate surface area is 94.9 Å². The number of benzene rings is 1. The Morgan fingerprint density at radius 1 is 1.38 bits per heavy atom. The van der Waals surface area contributed by atoms with E-state index in [1.807, 2.05) is 37.3 Å². The van der Waals surface area contributed by atoms with Crippen molar-refractivity contribution in [2.45, 2.75) is 18.9 Å². The highest BCUT2D eigenvalue weighted by Crippen LogP contribution is 2.16. The van der Waals surface area contributed by atoms with Gasteiger partial charge in [0, 0.05) is 17.1 Å². The third kappa shape index (κ3) is 2.38. The first-order valence-electron chi connectivity index (χ1n) is 5.34. The van der Waals surface area contributed by atoms with Gasteiger partial charge in [0.2, 0.25) is 0 Å². The molecule has 1 aromatic carbocycles. The number of rotatable bonds is 3. The van der Waals surface area contributed by atoms with Gasteiger partial charge in [-0.3, -0.25) is 4.98 Å². The van der Waals surface area contributed by atoms with Crippen molar-refractivity contribution in [2.75, 3.05) is 6.61 Å². The lowest BCUT2D eigenvalue weighted by Crippen LogP contribution is -2.42. The zero-order valence-corrected chi connectivity index (χ0v) is 9.35. The first kappa shape index (κ1) is 11.0. The monoisotopic (exact) mass is 216 g/mol. The minimum absolute atomic E-state index is 0.0206. The van der Waals surface area contributed by atoms with Crippen LogP contribution in [0.5, 0.6) is 0 Å². The first-order valence-corrected chi connectivity index (χ1v) is 5.34. The summed E-state index contributed by atoms with van der Waals surface area (Å²) in [4.78, 5) is 4.29. The number of fused-ring (bicyclic) bond motifs is 1. The quantitative estimate of drug-likeness (QED) is 0.817. The standard InChI is InChI=1S/C13H16N2O/c1-13(14,9-16)8-10-4-5-11-3-2-6-15-12(11)7-10/h2-7,16H,8-9,14H2,1H3. The summed E-state index contributed by atoms with van der Waals surface area (Å²) in [6.07, 6.45) is 2.43. The van der Waals surface area contributed by atoms with Gasteiger partial charge >= 0.3 is 0 Å². The van der Waals surface area contributed by atoms with Crippen LogP contribution in [0.25, 0.3) is 10.9 Å². The fourth-order valence-corrected chi connectivity index (χ4v) is 1.74. The number of aliphatic hydroxyl groups is 1.